The summed E-state index contributed by atoms with van der Waals surface area (Å²) < 4.78 is 0. The second kappa shape index (κ2) is 5.48. The van der Waals surface area contributed by atoms with Crippen LogP contribution >= 0.6 is 0 Å². The number of benzene rings is 1. The molecule has 5 nitrogen and oxygen atoms in total. The number of nitrogens with zero attached hydrogens (tertiary/aromatic N) is 1. The largest absolute Gasteiger partial charge is 0.508 e. The van der Waals surface area contributed by atoms with Gasteiger partial charge in [-0.15, -0.1) is 0 Å². The maximum atomic E-state index is 11.4. The molecule has 0 aromatic heterocycles. The summed E-state index contributed by atoms with van der Waals surface area (Å²) in [6.45, 7) is 7.42. The van der Waals surface area contributed by atoms with E-state index in [4.69, 9.17) is 0 Å². The van der Waals surface area contributed by atoms with Gasteiger partial charge in [0, 0.05) is 11.6 Å². The number of carboxylic acid groups (broad SMARTS) is 1. The standard InChI is InChI=1S/C14H21NO4/c1-5-15(14(3,4)13(18)19)9(2)11-8-10(16)6-7-12(11)17/h6-9,16-17H,5H2,1-4H3,(H,18,19). The number of carbonyl (C=O) groups is 1. The van der Waals surface area contributed by atoms with E-state index in [0.717, 1.165) is 0 Å². The Morgan fingerprint density at radius 2 is 1.95 bits per heavy atom. The van der Waals surface area contributed by atoms with Crippen molar-refractivity contribution >= 4 is 5.97 Å². The van der Waals surface area contributed by atoms with E-state index in [-0.39, 0.29) is 17.5 Å². The first-order valence-electron chi connectivity index (χ1n) is 6.23. The molecular weight excluding hydrogens is 246 g/mol. The van der Waals surface area contributed by atoms with Crippen LogP contribution in [0.15, 0.2) is 18.2 Å². The maximum Gasteiger partial charge on any atom is 0.323 e. The van der Waals surface area contributed by atoms with Gasteiger partial charge >= 0.3 is 5.97 Å². The summed E-state index contributed by atoms with van der Waals surface area (Å²) in [6, 6.07) is 3.93. The van der Waals surface area contributed by atoms with Crippen LogP contribution < -0.4 is 0 Å². The van der Waals surface area contributed by atoms with E-state index >= 15 is 0 Å². The molecule has 0 radical (unpaired) electrons. The highest BCUT2D eigenvalue weighted by molar-refractivity contribution is 5.77. The Kier molecular flexibility index (Phi) is 4.42. The quantitative estimate of drug-likeness (QED) is 0.713. The van der Waals surface area contributed by atoms with Crippen molar-refractivity contribution in [1.29, 1.82) is 0 Å². The molecule has 1 rings (SSSR count). The lowest BCUT2D eigenvalue weighted by Gasteiger charge is -2.39. The van der Waals surface area contributed by atoms with Crippen molar-refractivity contribution in [3.05, 3.63) is 23.8 Å². The van der Waals surface area contributed by atoms with Crippen LogP contribution in [-0.2, 0) is 4.79 Å². The van der Waals surface area contributed by atoms with Crippen LogP contribution in [-0.4, -0.2) is 38.3 Å². The Morgan fingerprint density at radius 1 is 1.37 bits per heavy atom. The number of phenolic OH excluding ortho intramolecular Hbond substituents is 2. The molecule has 19 heavy (non-hydrogen) atoms. The molecule has 0 heterocycles. The van der Waals surface area contributed by atoms with Crippen molar-refractivity contribution in [1.82, 2.24) is 4.90 Å². The van der Waals surface area contributed by atoms with E-state index in [1.54, 1.807) is 18.7 Å². The van der Waals surface area contributed by atoms with Crippen LogP contribution in [0.2, 0.25) is 0 Å². The van der Waals surface area contributed by atoms with Gasteiger partial charge in [0.2, 0.25) is 0 Å². The molecule has 1 aromatic carbocycles. The summed E-state index contributed by atoms with van der Waals surface area (Å²) in [4.78, 5) is 13.1. The van der Waals surface area contributed by atoms with E-state index in [2.05, 4.69) is 0 Å². The van der Waals surface area contributed by atoms with Crippen molar-refractivity contribution in [3.63, 3.8) is 0 Å². The van der Waals surface area contributed by atoms with E-state index in [1.165, 1.54) is 18.2 Å². The molecule has 1 unspecified atom stereocenters. The van der Waals surface area contributed by atoms with Crippen LogP contribution in [0.5, 0.6) is 11.5 Å². The van der Waals surface area contributed by atoms with Crippen LogP contribution in [0.3, 0.4) is 0 Å². The maximum absolute atomic E-state index is 11.4. The highest BCUT2D eigenvalue weighted by atomic mass is 16.4. The molecule has 1 aromatic rings. The fourth-order valence-electron chi connectivity index (χ4n) is 2.32. The summed E-state index contributed by atoms with van der Waals surface area (Å²) >= 11 is 0. The van der Waals surface area contributed by atoms with Gasteiger partial charge in [0.1, 0.15) is 17.0 Å². The lowest BCUT2D eigenvalue weighted by Crippen LogP contribution is -2.51. The summed E-state index contributed by atoms with van der Waals surface area (Å²) in [7, 11) is 0. The predicted octanol–water partition coefficient (Wildman–Crippen LogP) is 2.34. The Morgan fingerprint density at radius 3 is 2.42 bits per heavy atom. The van der Waals surface area contributed by atoms with Crippen LogP contribution in [0, 0.1) is 0 Å². The Labute approximate surface area is 113 Å². The number of hydrogen-bond acceptors (Lipinski definition) is 4. The van der Waals surface area contributed by atoms with Gasteiger partial charge in [-0.2, -0.15) is 0 Å². The fraction of sp³-hybridized carbons (Fsp3) is 0.500. The topological polar surface area (TPSA) is 81.0 Å². The highest BCUT2D eigenvalue weighted by Crippen LogP contribution is 2.34. The highest BCUT2D eigenvalue weighted by Gasteiger charge is 2.37. The van der Waals surface area contributed by atoms with Crippen LogP contribution in [0.4, 0.5) is 0 Å². The average Bonchev–Trinajstić information content (AvgIpc) is 2.32. The molecule has 1 atom stereocenters. The van der Waals surface area contributed by atoms with E-state index in [1.807, 2.05) is 13.8 Å². The van der Waals surface area contributed by atoms with Crippen molar-refractivity contribution in [3.8, 4) is 11.5 Å². The van der Waals surface area contributed by atoms with Gasteiger partial charge in [-0.1, -0.05) is 6.92 Å². The number of phenols is 2. The number of carboxylic acids is 1. The summed E-state index contributed by atoms with van der Waals surface area (Å²) in [5.41, 5.74) is -0.553. The number of likely N-dealkylation sites (N-methyl/N-ethyl adjacent to an activating group) is 1. The lowest BCUT2D eigenvalue weighted by atomic mass is 9.96. The molecule has 0 bridgehead atoms. The van der Waals surface area contributed by atoms with Crippen molar-refractivity contribution < 1.29 is 20.1 Å². The second-order valence-electron chi connectivity index (χ2n) is 5.07. The zero-order chi connectivity index (χ0) is 14.8. The zero-order valence-electron chi connectivity index (χ0n) is 11.7. The van der Waals surface area contributed by atoms with E-state index in [0.29, 0.717) is 12.1 Å². The monoisotopic (exact) mass is 267 g/mol. The molecule has 0 aliphatic rings. The molecule has 5 heteroatoms. The van der Waals surface area contributed by atoms with Gasteiger partial charge < -0.3 is 15.3 Å². The minimum Gasteiger partial charge on any atom is -0.508 e. The van der Waals surface area contributed by atoms with Crippen LogP contribution in [0.25, 0.3) is 0 Å². The molecule has 0 saturated carbocycles. The molecule has 0 aliphatic carbocycles. The minimum atomic E-state index is -1.06. The summed E-state index contributed by atoms with van der Waals surface area (Å²) in [5.74, 6) is -0.838. The third-order valence-corrected chi connectivity index (χ3v) is 3.51. The van der Waals surface area contributed by atoms with Gasteiger partial charge in [0.15, 0.2) is 0 Å². The third kappa shape index (κ3) is 2.98. The molecule has 3 N–H and O–H groups in total. The summed E-state index contributed by atoms with van der Waals surface area (Å²) in [5, 5.41) is 28.7. The minimum absolute atomic E-state index is 0.0452. The number of aromatic hydroxyl groups is 2. The van der Waals surface area contributed by atoms with Crippen molar-refractivity contribution in [2.45, 2.75) is 39.3 Å². The normalized spacial score (nSPS) is 13.5. The van der Waals surface area contributed by atoms with Gasteiger partial charge in [-0.25, -0.2) is 0 Å². The molecule has 0 amide bonds. The smallest absolute Gasteiger partial charge is 0.323 e. The number of rotatable bonds is 5. The molecular formula is C14H21NO4. The SMILES string of the molecule is CCN(C(C)c1cc(O)ccc1O)C(C)(C)C(=O)O. The third-order valence-electron chi connectivity index (χ3n) is 3.51. The van der Waals surface area contributed by atoms with E-state index < -0.39 is 11.5 Å². The molecule has 0 saturated heterocycles. The van der Waals surface area contributed by atoms with Crippen LogP contribution in [0.1, 0.15) is 39.3 Å². The van der Waals surface area contributed by atoms with Crippen molar-refractivity contribution in [2.75, 3.05) is 6.54 Å². The molecule has 106 valence electrons. The lowest BCUT2D eigenvalue weighted by molar-refractivity contribution is -0.150. The van der Waals surface area contributed by atoms with Crippen molar-refractivity contribution in [2.24, 2.45) is 0 Å². The first-order valence-corrected chi connectivity index (χ1v) is 6.23. The predicted molar refractivity (Wildman–Crippen MR) is 72.3 cm³/mol. The molecule has 0 fully saturated rings. The Balaban J connectivity index is 3.19. The Hall–Kier alpha value is -1.75. The van der Waals surface area contributed by atoms with Gasteiger partial charge in [0.05, 0.1) is 0 Å². The number of aliphatic carboxylic acids is 1. The van der Waals surface area contributed by atoms with Gasteiger partial charge in [0.25, 0.3) is 0 Å². The van der Waals surface area contributed by atoms with Gasteiger partial charge in [-0.05, 0) is 45.5 Å². The molecule has 0 spiro atoms. The second-order valence-corrected chi connectivity index (χ2v) is 5.07. The van der Waals surface area contributed by atoms with Gasteiger partial charge in [-0.3, -0.25) is 9.69 Å². The number of hydrogen-bond donors (Lipinski definition) is 3. The van der Waals surface area contributed by atoms with E-state index in [9.17, 15) is 20.1 Å². The average molecular weight is 267 g/mol. The summed E-state index contributed by atoms with van der Waals surface area (Å²) in [6.07, 6.45) is 0. The molecule has 0 aliphatic heterocycles. The fourth-order valence-corrected chi connectivity index (χ4v) is 2.32. The zero-order valence-corrected chi connectivity index (χ0v) is 11.7. The first kappa shape index (κ1) is 15.3. The Bertz CT molecular complexity index is 471. The first-order chi connectivity index (χ1) is 8.71.